The molecule has 2 rings (SSSR count). The fourth-order valence-corrected chi connectivity index (χ4v) is 2.44. The van der Waals surface area contributed by atoms with Crippen LogP contribution in [-0.4, -0.2) is 29.2 Å². The molecule has 0 aromatic heterocycles. The molecule has 1 fully saturated rings. The van der Waals surface area contributed by atoms with Crippen molar-refractivity contribution in [3.05, 3.63) is 40.6 Å². The topological polar surface area (TPSA) is 38.7 Å². The van der Waals surface area contributed by atoms with E-state index in [0.29, 0.717) is 5.75 Å². The average Bonchev–Trinajstić information content (AvgIpc) is 2.66. The van der Waals surface area contributed by atoms with Gasteiger partial charge in [0.15, 0.2) is 0 Å². The van der Waals surface area contributed by atoms with Crippen molar-refractivity contribution in [2.24, 2.45) is 0 Å². The minimum atomic E-state index is -0.481. The summed E-state index contributed by atoms with van der Waals surface area (Å²) in [5, 5.41) is 9.16. The monoisotopic (exact) mass is 324 g/mol. The van der Waals surface area contributed by atoms with Crippen molar-refractivity contribution in [1.82, 2.24) is 0 Å². The number of hydrogen-bond donors (Lipinski definition) is 2. The van der Waals surface area contributed by atoms with Crippen molar-refractivity contribution in [3.63, 3.8) is 0 Å². The molecule has 0 radical (unpaired) electrons. The Kier molecular flexibility index (Phi) is 5.07. The first kappa shape index (κ1) is 17.5. The highest BCUT2D eigenvalue weighted by atomic mass is 32.1. The van der Waals surface area contributed by atoms with Gasteiger partial charge in [-0.15, -0.1) is 0 Å². The lowest BCUT2D eigenvalue weighted by Gasteiger charge is -2.32. The third-order valence-electron chi connectivity index (χ3n) is 4.33. The normalized spacial score (nSPS) is 20.5. The van der Waals surface area contributed by atoms with E-state index in [1.54, 1.807) is 12.1 Å². The van der Waals surface area contributed by atoms with Crippen LogP contribution in [0.2, 0.25) is 0 Å². The molecule has 0 unspecified atom stereocenters. The van der Waals surface area contributed by atoms with Crippen LogP contribution >= 0.6 is 12.6 Å². The number of halogens is 1. The molecule has 0 bridgehead atoms. The Morgan fingerprint density at radius 2 is 1.86 bits per heavy atom. The standard InChI is InChI=1S/C16H22BFO3S/c1-15(2)16(3,4)21-17(20-15)13(10-22)8-11-5-6-14(18)12(7-11)9-19/h5-8,19,22H,9-10H2,1-4H3. The predicted octanol–water partition coefficient (Wildman–Crippen LogP) is 3.26. The first-order chi connectivity index (χ1) is 10.2. The van der Waals surface area contributed by atoms with Gasteiger partial charge in [0.2, 0.25) is 0 Å². The van der Waals surface area contributed by atoms with Crippen molar-refractivity contribution in [1.29, 1.82) is 0 Å². The molecule has 1 heterocycles. The summed E-state index contributed by atoms with van der Waals surface area (Å²) < 4.78 is 25.5. The molecule has 1 aromatic carbocycles. The quantitative estimate of drug-likeness (QED) is 0.660. The molecular formula is C16H22BFO3S. The lowest BCUT2D eigenvalue weighted by molar-refractivity contribution is 0.00578. The van der Waals surface area contributed by atoms with E-state index >= 15 is 0 Å². The van der Waals surface area contributed by atoms with Crippen LogP contribution in [0.4, 0.5) is 4.39 Å². The van der Waals surface area contributed by atoms with Crippen molar-refractivity contribution in [3.8, 4) is 0 Å². The van der Waals surface area contributed by atoms with Crippen LogP contribution in [0, 0.1) is 5.82 Å². The van der Waals surface area contributed by atoms with E-state index in [1.807, 2.05) is 33.8 Å². The molecule has 1 aromatic rings. The smallest absolute Gasteiger partial charge is 0.400 e. The van der Waals surface area contributed by atoms with Crippen molar-refractivity contribution in [2.75, 3.05) is 5.75 Å². The Bertz CT molecular complexity index is 571. The van der Waals surface area contributed by atoms with E-state index in [0.717, 1.165) is 11.0 Å². The highest BCUT2D eigenvalue weighted by molar-refractivity contribution is 7.80. The van der Waals surface area contributed by atoms with Gasteiger partial charge in [-0.2, -0.15) is 12.6 Å². The molecule has 0 saturated carbocycles. The highest BCUT2D eigenvalue weighted by Gasteiger charge is 2.52. The molecule has 22 heavy (non-hydrogen) atoms. The molecule has 0 aliphatic carbocycles. The highest BCUT2D eigenvalue weighted by Crippen LogP contribution is 2.39. The maximum atomic E-state index is 13.4. The molecule has 1 N–H and O–H groups in total. The van der Waals surface area contributed by atoms with Crippen LogP contribution < -0.4 is 0 Å². The molecule has 0 atom stereocenters. The Balaban J connectivity index is 2.29. The number of hydrogen-bond acceptors (Lipinski definition) is 4. The Morgan fingerprint density at radius 1 is 1.27 bits per heavy atom. The lowest BCUT2D eigenvalue weighted by Crippen LogP contribution is -2.41. The molecule has 120 valence electrons. The SMILES string of the molecule is CC1(C)OB(C(=Cc2ccc(F)c(CO)c2)CS)OC1(C)C. The zero-order valence-electron chi connectivity index (χ0n) is 13.4. The zero-order chi connectivity index (χ0) is 16.5. The minimum Gasteiger partial charge on any atom is -0.400 e. The van der Waals surface area contributed by atoms with Crippen LogP contribution in [0.5, 0.6) is 0 Å². The molecule has 1 saturated heterocycles. The van der Waals surface area contributed by atoms with Gasteiger partial charge < -0.3 is 14.4 Å². The first-order valence-electron chi connectivity index (χ1n) is 7.26. The second-order valence-electron chi connectivity index (χ2n) is 6.47. The minimum absolute atomic E-state index is 0.265. The molecule has 6 heteroatoms. The van der Waals surface area contributed by atoms with E-state index in [9.17, 15) is 4.39 Å². The summed E-state index contributed by atoms with van der Waals surface area (Å²) in [5.41, 5.74) is 1.07. The molecular weight excluding hydrogens is 302 g/mol. The van der Waals surface area contributed by atoms with Crippen molar-refractivity contribution in [2.45, 2.75) is 45.5 Å². The fourth-order valence-electron chi connectivity index (χ4n) is 2.20. The van der Waals surface area contributed by atoms with Gasteiger partial charge in [0.05, 0.1) is 17.8 Å². The van der Waals surface area contributed by atoms with Gasteiger partial charge in [-0.05, 0) is 50.9 Å². The zero-order valence-corrected chi connectivity index (χ0v) is 14.3. The van der Waals surface area contributed by atoms with Crippen LogP contribution in [0.3, 0.4) is 0 Å². The van der Waals surface area contributed by atoms with Gasteiger partial charge in [-0.25, -0.2) is 4.39 Å². The summed E-state index contributed by atoms with van der Waals surface area (Å²) in [6.07, 6.45) is 1.87. The van der Waals surface area contributed by atoms with E-state index in [2.05, 4.69) is 12.6 Å². The molecule has 0 spiro atoms. The van der Waals surface area contributed by atoms with E-state index in [4.69, 9.17) is 14.4 Å². The largest absolute Gasteiger partial charge is 0.491 e. The van der Waals surface area contributed by atoms with Crippen LogP contribution in [0.25, 0.3) is 6.08 Å². The summed E-state index contributed by atoms with van der Waals surface area (Å²) in [5.74, 6) is 0.0468. The van der Waals surface area contributed by atoms with Crippen LogP contribution in [-0.2, 0) is 15.9 Å². The number of aliphatic hydroxyl groups excluding tert-OH is 1. The summed E-state index contributed by atoms with van der Waals surface area (Å²) in [4.78, 5) is 0. The molecule has 0 amide bonds. The number of rotatable bonds is 4. The Hall–Kier alpha value is -0.815. The molecule has 3 nitrogen and oxygen atoms in total. The Morgan fingerprint density at radius 3 is 2.36 bits per heavy atom. The van der Waals surface area contributed by atoms with Gasteiger partial charge in [-0.1, -0.05) is 12.1 Å². The maximum Gasteiger partial charge on any atom is 0.491 e. The summed E-state index contributed by atoms with van der Waals surface area (Å²) in [6, 6.07) is 4.62. The van der Waals surface area contributed by atoms with E-state index in [1.165, 1.54) is 6.07 Å². The third-order valence-corrected chi connectivity index (χ3v) is 4.70. The van der Waals surface area contributed by atoms with E-state index in [-0.39, 0.29) is 12.2 Å². The lowest BCUT2D eigenvalue weighted by atomic mass is 9.78. The summed E-state index contributed by atoms with van der Waals surface area (Å²) in [6.45, 7) is 7.63. The van der Waals surface area contributed by atoms with Gasteiger partial charge in [0.1, 0.15) is 5.82 Å². The maximum absolute atomic E-state index is 13.4. The average molecular weight is 324 g/mol. The second kappa shape index (κ2) is 6.36. The number of thiol groups is 1. The molecule has 1 aliphatic rings. The van der Waals surface area contributed by atoms with Crippen molar-refractivity contribution < 1.29 is 18.8 Å². The number of benzene rings is 1. The fraction of sp³-hybridized carbons (Fsp3) is 0.500. The Labute approximate surface area is 137 Å². The van der Waals surface area contributed by atoms with Crippen LogP contribution in [0.15, 0.2) is 23.7 Å². The van der Waals surface area contributed by atoms with Gasteiger partial charge in [0, 0.05) is 11.3 Å². The van der Waals surface area contributed by atoms with E-state index < -0.39 is 24.1 Å². The predicted molar refractivity (Wildman–Crippen MR) is 90.2 cm³/mol. The van der Waals surface area contributed by atoms with Crippen molar-refractivity contribution >= 4 is 25.8 Å². The third kappa shape index (κ3) is 3.40. The van der Waals surface area contributed by atoms with Gasteiger partial charge in [-0.3, -0.25) is 0 Å². The second-order valence-corrected chi connectivity index (χ2v) is 6.79. The van der Waals surface area contributed by atoms with Gasteiger partial charge in [0.25, 0.3) is 0 Å². The van der Waals surface area contributed by atoms with Gasteiger partial charge >= 0.3 is 7.12 Å². The van der Waals surface area contributed by atoms with Crippen LogP contribution in [0.1, 0.15) is 38.8 Å². The summed E-state index contributed by atoms with van der Waals surface area (Å²) >= 11 is 4.35. The molecule has 1 aliphatic heterocycles. The number of aliphatic hydroxyl groups is 1. The first-order valence-corrected chi connectivity index (χ1v) is 7.89. The summed E-state index contributed by atoms with van der Waals surface area (Å²) in [7, 11) is -0.481.